The van der Waals surface area contributed by atoms with E-state index < -0.39 is 5.97 Å². The Balaban J connectivity index is 3.62. The van der Waals surface area contributed by atoms with Gasteiger partial charge in [0.05, 0.1) is 0 Å². The molecule has 3 nitrogen and oxygen atoms in total. The SMILES string of the molecule is C=CCOC(=O)C(=C)CN. The Hall–Kier alpha value is -1.09. The highest BCUT2D eigenvalue weighted by Gasteiger charge is 2.03. The fourth-order valence-electron chi connectivity index (χ4n) is 0.320. The summed E-state index contributed by atoms with van der Waals surface area (Å²) in [5, 5.41) is 0. The minimum Gasteiger partial charge on any atom is -0.458 e. The summed E-state index contributed by atoms with van der Waals surface area (Å²) in [6.07, 6.45) is 1.49. The molecule has 0 aliphatic heterocycles. The quantitative estimate of drug-likeness (QED) is 0.346. The molecular formula is C7H11NO2. The summed E-state index contributed by atoms with van der Waals surface area (Å²) in [7, 11) is 0. The highest BCUT2D eigenvalue weighted by molar-refractivity contribution is 5.88. The van der Waals surface area contributed by atoms with Gasteiger partial charge in [0.15, 0.2) is 0 Å². The van der Waals surface area contributed by atoms with Gasteiger partial charge in [-0.2, -0.15) is 0 Å². The largest absolute Gasteiger partial charge is 0.458 e. The lowest BCUT2D eigenvalue weighted by Crippen LogP contribution is -2.14. The molecule has 0 aliphatic rings. The maximum Gasteiger partial charge on any atom is 0.335 e. The van der Waals surface area contributed by atoms with E-state index in [1.54, 1.807) is 0 Å². The number of esters is 1. The van der Waals surface area contributed by atoms with E-state index in [-0.39, 0.29) is 18.7 Å². The topological polar surface area (TPSA) is 52.3 Å². The zero-order valence-electron chi connectivity index (χ0n) is 5.80. The number of carbonyl (C=O) groups is 1. The first-order valence-corrected chi connectivity index (χ1v) is 2.88. The molecular weight excluding hydrogens is 130 g/mol. The Kier molecular flexibility index (Phi) is 4.24. The first-order chi connectivity index (χ1) is 4.72. The Bertz CT molecular complexity index is 152. The second-order valence-corrected chi connectivity index (χ2v) is 1.69. The van der Waals surface area contributed by atoms with Crippen LogP contribution >= 0.6 is 0 Å². The minimum atomic E-state index is -0.456. The fourth-order valence-corrected chi connectivity index (χ4v) is 0.320. The van der Waals surface area contributed by atoms with E-state index in [9.17, 15) is 4.79 Å². The van der Waals surface area contributed by atoms with Gasteiger partial charge in [-0.15, -0.1) is 0 Å². The lowest BCUT2D eigenvalue weighted by molar-refractivity contribution is -0.137. The van der Waals surface area contributed by atoms with Crippen LogP contribution in [-0.4, -0.2) is 19.1 Å². The summed E-state index contributed by atoms with van der Waals surface area (Å²) in [5.41, 5.74) is 5.40. The first kappa shape index (κ1) is 8.91. The van der Waals surface area contributed by atoms with Crippen LogP contribution in [-0.2, 0) is 9.53 Å². The van der Waals surface area contributed by atoms with Crippen LogP contribution in [0, 0.1) is 0 Å². The van der Waals surface area contributed by atoms with Gasteiger partial charge in [0.25, 0.3) is 0 Å². The van der Waals surface area contributed by atoms with Crippen LogP contribution < -0.4 is 5.73 Å². The van der Waals surface area contributed by atoms with Crippen LogP contribution in [0.1, 0.15) is 0 Å². The van der Waals surface area contributed by atoms with Crippen LogP contribution in [0.4, 0.5) is 0 Å². The Morgan fingerprint density at radius 3 is 2.70 bits per heavy atom. The minimum absolute atomic E-state index is 0.135. The molecule has 0 rings (SSSR count). The van der Waals surface area contributed by atoms with Crippen LogP contribution in [0.15, 0.2) is 24.8 Å². The van der Waals surface area contributed by atoms with Crippen molar-refractivity contribution >= 4 is 5.97 Å². The van der Waals surface area contributed by atoms with Gasteiger partial charge in [0.2, 0.25) is 0 Å². The van der Waals surface area contributed by atoms with Crippen molar-refractivity contribution in [1.82, 2.24) is 0 Å². The third-order valence-electron chi connectivity index (χ3n) is 0.867. The van der Waals surface area contributed by atoms with Gasteiger partial charge in [0.1, 0.15) is 6.61 Å². The molecule has 3 heteroatoms. The van der Waals surface area contributed by atoms with Gasteiger partial charge in [-0.3, -0.25) is 0 Å². The molecule has 0 fully saturated rings. The molecule has 0 aromatic rings. The van der Waals surface area contributed by atoms with Gasteiger partial charge in [-0.1, -0.05) is 19.2 Å². The first-order valence-electron chi connectivity index (χ1n) is 2.88. The molecule has 0 atom stereocenters. The Morgan fingerprint density at radius 1 is 1.70 bits per heavy atom. The summed E-state index contributed by atoms with van der Waals surface area (Å²) in [4.78, 5) is 10.7. The van der Waals surface area contributed by atoms with E-state index in [4.69, 9.17) is 5.73 Å². The maximum atomic E-state index is 10.7. The lowest BCUT2D eigenvalue weighted by atomic mass is 10.3. The summed E-state index contributed by atoms with van der Waals surface area (Å²) in [6, 6.07) is 0. The smallest absolute Gasteiger partial charge is 0.335 e. The summed E-state index contributed by atoms with van der Waals surface area (Å²) >= 11 is 0. The summed E-state index contributed by atoms with van der Waals surface area (Å²) in [5.74, 6) is -0.456. The summed E-state index contributed by atoms with van der Waals surface area (Å²) < 4.78 is 4.61. The second kappa shape index (κ2) is 4.76. The van der Waals surface area contributed by atoms with E-state index in [0.717, 1.165) is 0 Å². The fraction of sp³-hybridized carbons (Fsp3) is 0.286. The third kappa shape index (κ3) is 3.04. The van der Waals surface area contributed by atoms with Gasteiger partial charge in [-0.05, 0) is 0 Å². The van der Waals surface area contributed by atoms with Crippen molar-refractivity contribution in [2.24, 2.45) is 5.73 Å². The van der Waals surface area contributed by atoms with Crippen LogP contribution in [0.5, 0.6) is 0 Å². The highest BCUT2D eigenvalue weighted by atomic mass is 16.5. The molecule has 0 saturated carbocycles. The van der Waals surface area contributed by atoms with Crippen LogP contribution in [0.3, 0.4) is 0 Å². The molecule has 0 aromatic carbocycles. The average Bonchev–Trinajstić information content (AvgIpc) is 1.98. The predicted molar refractivity (Wildman–Crippen MR) is 39.4 cm³/mol. The molecule has 0 unspecified atom stereocenters. The van der Waals surface area contributed by atoms with Crippen molar-refractivity contribution in [3.63, 3.8) is 0 Å². The van der Waals surface area contributed by atoms with Crippen LogP contribution in [0.2, 0.25) is 0 Å². The normalized spacial score (nSPS) is 8.50. The number of ether oxygens (including phenoxy) is 1. The molecule has 0 amide bonds. The van der Waals surface area contributed by atoms with Crippen LogP contribution in [0.25, 0.3) is 0 Å². The number of hydrogen-bond donors (Lipinski definition) is 1. The molecule has 0 radical (unpaired) electrons. The lowest BCUT2D eigenvalue weighted by Gasteiger charge is -2.00. The molecule has 0 heterocycles. The van der Waals surface area contributed by atoms with Crippen molar-refractivity contribution < 1.29 is 9.53 Å². The second-order valence-electron chi connectivity index (χ2n) is 1.69. The Labute approximate surface area is 60.2 Å². The van der Waals surface area contributed by atoms with Gasteiger partial charge >= 0.3 is 5.97 Å². The predicted octanol–water partition coefficient (Wildman–Crippen LogP) is 0.231. The highest BCUT2D eigenvalue weighted by Crippen LogP contribution is 1.90. The molecule has 2 N–H and O–H groups in total. The van der Waals surface area contributed by atoms with Gasteiger partial charge < -0.3 is 10.5 Å². The van der Waals surface area contributed by atoms with E-state index in [2.05, 4.69) is 17.9 Å². The standard InChI is InChI=1S/C7H11NO2/c1-3-4-10-7(9)6(2)5-8/h3H,1-2,4-5,8H2. The van der Waals surface area contributed by atoms with Crippen molar-refractivity contribution in [3.8, 4) is 0 Å². The van der Waals surface area contributed by atoms with Crippen molar-refractivity contribution in [2.45, 2.75) is 0 Å². The molecule has 0 aromatic heterocycles. The van der Waals surface area contributed by atoms with Gasteiger partial charge in [0, 0.05) is 12.1 Å². The maximum absolute atomic E-state index is 10.7. The monoisotopic (exact) mass is 141 g/mol. The van der Waals surface area contributed by atoms with Crippen molar-refractivity contribution in [3.05, 3.63) is 24.8 Å². The van der Waals surface area contributed by atoms with E-state index in [0.29, 0.717) is 0 Å². The molecule has 0 bridgehead atoms. The van der Waals surface area contributed by atoms with E-state index >= 15 is 0 Å². The van der Waals surface area contributed by atoms with E-state index in [1.807, 2.05) is 0 Å². The van der Waals surface area contributed by atoms with Crippen molar-refractivity contribution in [1.29, 1.82) is 0 Å². The molecule has 0 saturated heterocycles. The molecule has 0 aliphatic carbocycles. The molecule has 0 spiro atoms. The van der Waals surface area contributed by atoms with Crippen molar-refractivity contribution in [2.75, 3.05) is 13.2 Å². The Morgan fingerprint density at radius 2 is 2.30 bits per heavy atom. The van der Waals surface area contributed by atoms with E-state index in [1.165, 1.54) is 6.08 Å². The number of hydrogen-bond acceptors (Lipinski definition) is 3. The summed E-state index contributed by atoms with van der Waals surface area (Å²) in [6.45, 7) is 7.11. The average molecular weight is 141 g/mol. The number of carbonyl (C=O) groups excluding carboxylic acids is 1. The third-order valence-corrected chi connectivity index (χ3v) is 0.867. The number of nitrogens with two attached hydrogens (primary N) is 1. The molecule has 10 heavy (non-hydrogen) atoms. The zero-order valence-corrected chi connectivity index (χ0v) is 5.80. The molecule has 56 valence electrons. The zero-order chi connectivity index (χ0) is 7.98. The number of rotatable bonds is 4. The van der Waals surface area contributed by atoms with Gasteiger partial charge in [-0.25, -0.2) is 4.79 Å².